The molecule has 2 aromatic heterocycles. The molecule has 1 unspecified atom stereocenters. The fourth-order valence-electron chi connectivity index (χ4n) is 3.14. The monoisotopic (exact) mass is 462 g/mol. The maximum Gasteiger partial charge on any atom is 0.237 e. The van der Waals surface area contributed by atoms with E-state index >= 15 is 0 Å². The zero-order valence-corrected chi connectivity index (χ0v) is 18.9. The highest BCUT2D eigenvalue weighted by molar-refractivity contribution is 8.00. The molecule has 2 N–H and O–H groups in total. The second-order valence-corrected chi connectivity index (χ2v) is 8.71. The van der Waals surface area contributed by atoms with Crippen LogP contribution in [0.5, 0.6) is 5.75 Å². The van der Waals surface area contributed by atoms with Crippen molar-refractivity contribution in [3.8, 4) is 17.1 Å². The van der Waals surface area contributed by atoms with Crippen molar-refractivity contribution in [1.82, 2.24) is 14.8 Å². The average molecular weight is 463 g/mol. The van der Waals surface area contributed by atoms with Crippen molar-refractivity contribution in [3.63, 3.8) is 0 Å². The Morgan fingerprint density at radius 1 is 1.09 bits per heavy atom. The molecule has 168 valence electrons. The Labute approximate surface area is 194 Å². The van der Waals surface area contributed by atoms with Gasteiger partial charge in [0.15, 0.2) is 16.8 Å². The van der Waals surface area contributed by atoms with Gasteiger partial charge in [-0.15, -0.1) is 10.2 Å². The van der Waals surface area contributed by atoms with E-state index in [-0.39, 0.29) is 17.4 Å². The molecule has 2 heterocycles. The lowest BCUT2D eigenvalue weighted by Gasteiger charge is -2.13. The van der Waals surface area contributed by atoms with Gasteiger partial charge in [-0.25, -0.2) is 0 Å². The molecule has 0 radical (unpaired) electrons. The number of Topliss-reactive ketones (excluding diaryl/α,β-unsaturated/α-hetero) is 1. The van der Waals surface area contributed by atoms with Gasteiger partial charge in [0.2, 0.25) is 5.91 Å². The number of aromatic hydroxyl groups is 1. The zero-order valence-electron chi connectivity index (χ0n) is 18.1. The number of carbonyl (C=O) groups excluding carboxylic acids is 2. The molecule has 0 aliphatic rings. The van der Waals surface area contributed by atoms with Crippen LogP contribution < -0.4 is 5.32 Å². The normalized spacial score (nSPS) is 11.8. The van der Waals surface area contributed by atoms with E-state index in [0.717, 1.165) is 11.3 Å². The van der Waals surface area contributed by atoms with Crippen LogP contribution in [0, 0.1) is 0 Å². The summed E-state index contributed by atoms with van der Waals surface area (Å²) in [5, 5.41) is 21.2. The molecule has 0 saturated carbocycles. The minimum atomic E-state index is -0.468. The fraction of sp³-hybridized carbons (Fsp3) is 0.167. The Morgan fingerprint density at radius 2 is 1.82 bits per heavy atom. The van der Waals surface area contributed by atoms with E-state index in [1.54, 1.807) is 67.8 Å². The zero-order chi connectivity index (χ0) is 23.4. The maximum atomic E-state index is 12.8. The van der Waals surface area contributed by atoms with Gasteiger partial charge in [0.25, 0.3) is 0 Å². The first-order valence-electron chi connectivity index (χ1n) is 10.2. The SMILES string of the molecule is CC(=O)c1ccc(NC(=O)C(C)Sc2nnc(-c3ccc(O)cc3)n2Cc2ccco2)cc1. The van der Waals surface area contributed by atoms with Gasteiger partial charge >= 0.3 is 0 Å². The highest BCUT2D eigenvalue weighted by atomic mass is 32.2. The second kappa shape index (κ2) is 9.74. The predicted molar refractivity (Wildman–Crippen MR) is 125 cm³/mol. The van der Waals surface area contributed by atoms with Crippen LogP contribution in [-0.4, -0.2) is 36.8 Å². The Balaban J connectivity index is 1.54. The van der Waals surface area contributed by atoms with Crippen LogP contribution in [0.15, 0.2) is 76.5 Å². The lowest BCUT2D eigenvalue weighted by Crippen LogP contribution is -2.23. The van der Waals surface area contributed by atoms with Gasteiger partial charge in [0.1, 0.15) is 11.5 Å². The average Bonchev–Trinajstić information content (AvgIpc) is 3.45. The summed E-state index contributed by atoms with van der Waals surface area (Å²) in [5.41, 5.74) is 1.98. The molecular formula is C24H22N4O4S. The Hall–Kier alpha value is -3.85. The highest BCUT2D eigenvalue weighted by Crippen LogP contribution is 2.29. The van der Waals surface area contributed by atoms with Crippen LogP contribution >= 0.6 is 11.8 Å². The van der Waals surface area contributed by atoms with Crippen LogP contribution in [0.1, 0.15) is 30.0 Å². The molecule has 33 heavy (non-hydrogen) atoms. The minimum Gasteiger partial charge on any atom is -0.508 e. The van der Waals surface area contributed by atoms with Crippen LogP contribution in [0.2, 0.25) is 0 Å². The predicted octanol–water partition coefficient (Wildman–Crippen LogP) is 4.61. The topological polar surface area (TPSA) is 110 Å². The first-order chi connectivity index (χ1) is 15.9. The maximum absolute atomic E-state index is 12.8. The van der Waals surface area contributed by atoms with Gasteiger partial charge in [0.05, 0.1) is 18.1 Å². The standard InChI is InChI=1S/C24H22N4O4S/c1-15(29)17-5-9-19(10-6-17)25-23(31)16(2)33-24-27-26-22(18-7-11-20(30)12-8-18)28(24)14-21-4-3-13-32-21/h3-13,16,30H,14H2,1-2H3,(H,25,31). The van der Waals surface area contributed by atoms with E-state index in [2.05, 4.69) is 15.5 Å². The minimum absolute atomic E-state index is 0.0304. The molecule has 0 bridgehead atoms. The largest absolute Gasteiger partial charge is 0.508 e. The molecule has 4 rings (SSSR count). The number of rotatable bonds is 8. The van der Waals surface area contributed by atoms with Gasteiger partial charge in [-0.1, -0.05) is 11.8 Å². The van der Waals surface area contributed by atoms with E-state index in [1.165, 1.54) is 18.7 Å². The molecule has 9 heteroatoms. The lowest BCUT2D eigenvalue weighted by molar-refractivity contribution is -0.115. The summed E-state index contributed by atoms with van der Waals surface area (Å²) < 4.78 is 7.38. The first kappa shape index (κ1) is 22.3. The van der Waals surface area contributed by atoms with E-state index < -0.39 is 5.25 Å². The highest BCUT2D eigenvalue weighted by Gasteiger charge is 2.22. The number of anilines is 1. The molecule has 0 aliphatic carbocycles. The van der Waals surface area contributed by atoms with Crippen molar-refractivity contribution in [2.45, 2.75) is 30.8 Å². The molecule has 0 spiro atoms. The number of thioether (sulfide) groups is 1. The van der Waals surface area contributed by atoms with Gasteiger partial charge in [-0.3, -0.25) is 14.2 Å². The third-order valence-corrected chi connectivity index (χ3v) is 6.03. The van der Waals surface area contributed by atoms with Crippen LogP contribution in [0.3, 0.4) is 0 Å². The van der Waals surface area contributed by atoms with Crippen LogP contribution in [0.4, 0.5) is 5.69 Å². The van der Waals surface area contributed by atoms with Crippen LogP contribution in [0.25, 0.3) is 11.4 Å². The summed E-state index contributed by atoms with van der Waals surface area (Å²) in [6.45, 7) is 3.67. The number of phenolic OH excluding ortho intramolecular Hbond substituents is 1. The molecule has 0 aliphatic heterocycles. The summed E-state index contributed by atoms with van der Waals surface area (Å²) in [5.74, 6) is 1.25. The van der Waals surface area contributed by atoms with E-state index in [4.69, 9.17) is 4.42 Å². The third-order valence-electron chi connectivity index (χ3n) is 4.95. The molecule has 1 atom stereocenters. The molecular weight excluding hydrogens is 440 g/mol. The van der Waals surface area contributed by atoms with Crippen molar-refractivity contribution in [3.05, 3.63) is 78.3 Å². The number of hydrogen-bond acceptors (Lipinski definition) is 7. The molecule has 4 aromatic rings. The lowest BCUT2D eigenvalue weighted by atomic mass is 10.1. The summed E-state index contributed by atoms with van der Waals surface area (Å²) in [6, 6.07) is 17.1. The van der Waals surface area contributed by atoms with Crippen molar-refractivity contribution < 1.29 is 19.1 Å². The number of hydrogen-bond donors (Lipinski definition) is 2. The summed E-state index contributed by atoms with van der Waals surface area (Å²) in [7, 11) is 0. The van der Waals surface area contributed by atoms with Crippen LogP contribution in [-0.2, 0) is 11.3 Å². The second-order valence-electron chi connectivity index (χ2n) is 7.40. The van der Waals surface area contributed by atoms with Crippen molar-refractivity contribution in [2.24, 2.45) is 0 Å². The molecule has 1 amide bonds. The molecule has 2 aromatic carbocycles. The van der Waals surface area contributed by atoms with E-state index in [0.29, 0.717) is 28.8 Å². The fourth-order valence-corrected chi connectivity index (χ4v) is 3.99. The van der Waals surface area contributed by atoms with Gasteiger partial charge in [-0.05, 0) is 74.5 Å². The molecule has 0 fully saturated rings. The van der Waals surface area contributed by atoms with E-state index in [9.17, 15) is 14.7 Å². The number of amides is 1. The number of benzene rings is 2. The van der Waals surface area contributed by atoms with Gasteiger partial charge < -0.3 is 14.8 Å². The van der Waals surface area contributed by atoms with Crippen molar-refractivity contribution >= 4 is 29.1 Å². The van der Waals surface area contributed by atoms with E-state index in [1.807, 2.05) is 10.6 Å². The Bertz CT molecular complexity index is 1250. The number of ketones is 1. The Kier molecular flexibility index (Phi) is 6.60. The summed E-state index contributed by atoms with van der Waals surface area (Å²) >= 11 is 1.28. The number of phenols is 1. The quantitative estimate of drug-likeness (QED) is 0.290. The van der Waals surface area contributed by atoms with Crippen molar-refractivity contribution in [2.75, 3.05) is 5.32 Å². The smallest absolute Gasteiger partial charge is 0.237 e. The third kappa shape index (κ3) is 5.32. The number of nitrogens with one attached hydrogen (secondary N) is 1. The van der Waals surface area contributed by atoms with Gasteiger partial charge in [0, 0.05) is 16.8 Å². The van der Waals surface area contributed by atoms with Crippen molar-refractivity contribution in [1.29, 1.82) is 0 Å². The number of nitrogens with zero attached hydrogens (tertiary/aromatic N) is 3. The number of carbonyl (C=O) groups is 2. The summed E-state index contributed by atoms with van der Waals surface area (Å²) in [4.78, 5) is 24.2. The summed E-state index contributed by atoms with van der Waals surface area (Å²) in [6.07, 6.45) is 1.60. The molecule has 8 nitrogen and oxygen atoms in total. The first-order valence-corrected chi connectivity index (χ1v) is 11.1. The molecule has 0 saturated heterocycles. The Morgan fingerprint density at radius 3 is 2.45 bits per heavy atom. The number of aromatic nitrogens is 3. The van der Waals surface area contributed by atoms with Gasteiger partial charge in [-0.2, -0.15) is 0 Å². The number of furan rings is 1.